The maximum absolute atomic E-state index is 13.3. The van der Waals surface area contributed by atoms with Crippen LogP contribution in [0.1, 0.15) is 49.4 Å². The monoisotopic (exact) mass is 541 g/mol. The molecule has 0 bridgehead atoms. The van der Waals surface area contributed by atoms with Crippen molar-refractivity contribution < 1.29 is 9.47 Å². The fourth-order valence-corrected chi connectivity index (χ4v) is 4.85. The Kier molecular flexibility index (Phi) is 7.10. The number of rotatable bonds is 6. The Balaban J connectivity index is 1.78. The second-order valence-electron chi connectivity index (χ2n) is 7.71. The van der Waals surface area contributed by atoms with Crippen molar-refractivity contribution in [2.75, 3.05) is 13.7 Å². The third-order valence-electron chi connectivity index (χ3n) is 5.62. The molecule has 0 N–H and O–H groups in total. The van der Waals surface area contributed by atoms with Gasteiger partial charge in [-0.25, -0.2) is 4.98 Å². The first-order valence-electron chi connectivity index (χ1n) is 10.6. The maximum atomic E-state index is 13.3. The second-order valence-corrected chi connectivity index (χ2v) is 8.87. The van der Waals surface area contributed by atoms with E-state index in [-0.39, 0.29) is 18.1 Å². The number of aromatic nitrogens is 2. The Bertz CT molecular complexity index is 1250. The molecule has 0 saturated heterocycles. The van der Waals surface area contributed by atoms with Crippen molar-refractivity contribution in [3.63, 3.8) is 0 Å². The molecule has 1 aliphatic rings. The molecule has 32 heavy (non-hydrogen) atoms. The van der Waals surface area contributed by atoms with E-state index in [0.717, 1.165) is 46.2 Å². The summed E-state index contributed by atoms with van der Waals surface area (Å²) in [6, 6.07) is 11.2. The van der Waals surface area contributed by atoms with Crippen molar-refractivity contribution in [2.24, 2.45) is 5.10 Å². The lowest BCUT2D eigenvalue weighted by Gasteiger charge is -2.22. The summed E-state index contributed by atoms with van der Waals surface area (Å²) in [6.07, 6.45) is 12.5. The van der Waals surface area contributed by atoms with Gasteiger partial charge in [0.25, 0.3) is 5.56 Å². The van der Waals surface area contributed by atoms with E-state index in [1.54, 1.807) is 19.4 Å². The molecule has 0 spiro atoms. The van der Waals surface area contributed by atoms with Gasteiger partial charge in [-0.15, -0.1) is 6.42 Å². The summed E-state index contributed by atoms with van der Waals surface area (Å²) < 4.78 is 13.4. The molecule has 4 rings (SSSR count). The fraction of sp³-hybridized carbons (Fsp3) is 0.320. The standard InChI is InChI=1S/C25H24IN3O3/c1-3-13-32-23-20(26)14-17(15-22(23)31-2)16-27-29-24(18-9-5-4-6-10-18)28-21-12-8-7-11-19(21)25(29)30/h1,7-8,11-12,14-16,18H,4-6,9-10,13H2,2H3. The molecule has 1 saturated carbocycles. The molecule has 1 heterocycles. The Hall–Kier alpha value is -2.86. The summed E-state index contributed by atoms with van der Waals surface area (Å²) in [5.74, 6) is 4.58. The van der Waals surface area contributed by atoms with Gasteiger partial charge in [-0.2, -0.15) is 9.78 Å². The first-order chi connectivity index (χ1) is 15.6. The molecule has 0 unspecified atom stereocenters. The maximum Gasteiger partial charge on any atom is 0.282 e. The zero-order valence-electron chi connectivity index (χ0n) is 17.9. The van der Waals surface area contributed by atoms with Crippen LogP contribution >= 0.6 is 22.6 Å². The zero-order chi connectivity index (χ0) is 22.5. The van der Waals surface area contributed by atoms with Crippen LogP contribution in [-0.2, 0) is 0 Å². The van der Waals surface area contributed by atoms with Gasteiger partial charge in [-0.1, -0.05) is 37.3 Å². The van der Waals surface area contributed by atoms with Gasteiger partial charge in [0.1, 0.15) is 12.4 Å². The third kappa shape index (κ3) is 4.65. The quantitative estimate of drug-likeness (QED) is 0.252. The number of benzene rings is 2. The van der Waals surface area contributed by atoms with Gasteiger partial charge in [0.2, 0.25) is 0 Å². The number of hydrogen-bond acceptors (Lipinski definition) is 5. The van der Waals surface area contributed by atoms with Gasteiger partial charge >= 0.3 is 0 Å². The predicted octanol–water partition coefficient (Wildman–Crippen LogP) is 4.95. The number of hydrogen-bond donors (Lipinski definition) is 0. The number of terminal acetylenes is 1. The Morgan fingerprint density at radius 2 is 2.06 bits per heavy atom. The lowest BCUT2D eigenvalue weighted by molar-refractivity contribution is 0.328. The minimum absolute atomic E-state index is 0.150. The highest BCUT2D eigenvalue weighted by atomic mass is 127. The summed E-state index contributed by atoms with van der Waals surface area (Å²) >= 11 is 2.17. The second kappa shape index (κ2) is 10.2. The van der Waals surface area contributed by atoms with E-state index in [0.29, 0.717) is 16.9 Å². The Morgan fingerprint density at radius 1 is 1.28 bits per heavy atom. The molecule has 2 aromatic carbocycles. The minimum atomic E-state index is -0.150. The van der Waals surface area contributed by atoms with E-state index in [2.05, 4.69) is 33.6 Å². The molecule has 1 fully saturated rings. The van der Waals surface area contributed by atoms with Crippen molar-refractivity contribution in [3.8, 4) is 23.8 Å². The van der Waals surface area contributed by atoms with Crippen LogP contribution < -0.4 is 15.0 Å². The van der Waals surface area contributed by atoms with Crippen LogP contribution in [0.2, 0.25) is 0 Å². The summed E-state index contributed by atoms with van der Waals surface area (Å²) in [5, 5.41) is 5.16. The van der Waals surface area contributed by atoms with E-state index >= 15 is 0 Å². The van der Waals surface area contributed by atoms with Crippen LogP contribution in [0, 0.1) is 15.9 Å². The lowest BCUT2D eigenvalue weighted by atomic mass is 9.88. The van der Waals surface area contributed by atoms with Gasteiger partial charge in [-0.05, 0) is 65.3 Å². The number of fused-ring (bicyclic) bond motifs is 1. The smallest absolute Gasteiger partial charge is 0.282 e. The fourth-order valence-electron chi connectivity index (χ4n) is 4.07. The molecule has 164 valence electrons. The molecule has 7 heteroatoms. The van der Waals surface area contributed by atoms with Crippen LogP contribution in [0.15, 0.2) is 46.3 Å². The van der Waals surface area contributed by atoms with Gasteiger partial charge in [0.15, 0.2) is 11.5 Å². The number of methoxy groups -OCH3 is 1. The van der Waals surface area contributed by atoms with Crippen LogP contribution in [0.25, 0.3) is 10.9 Å². The van der Waals surface area contributed by atoms with Crippen LogP contribution in [0.5, 0.6) is 11.5 Å². The summed E-state index contributed by atoms with van der Waals surface area (Å²) in [4.78, 5) is 18.2. The zero-order valence-corrected chi connectivity index (χ0v) is 20.0. The largest absolute Gasteiger partial charge is 0.493 e. The molecule has 6 nitrogen and oxygen atoms in total. The summed E-state index contributed by atoms with van der Waals surface area (Å²) in [6.45, 7) is 0.155. The Morgan fingerprint density at radius 3 is 2.81 bits per heavy atom. The van der Waals surface area contributed by atoms with Crippen molar-refractivity contribution in [2.45, 2.75) is 38.0 Å². The van der Waals surface area contributed by atoms with Gasteiger partial charge < -0.3 is 9.47 Å². The normalized spacial score (nSPS) is 14.5. The van der Waals surface area contributed by atoms with E-state index in [4.69, 9.17) is 20.9 Å². The lowest BCUT2D eigenvalue weighted by Crippen LogP contribution is -2.25. The van der Waals surface area contributed by atoms with E-state index in [1.807, 2.05) is 30.3 Å². The highest BCUT2D eigenvalue weighted by Crippen LogP contribution is 2.34. The average Bonchev–Trinajstić information content (AvgIpc) is 2.83. The van der Waals surface area contributed by atoms with Crippen molar-refractivity contribution >= 4 is 39.7 Å². The highest BCUT2D eigenvalue weighted by Gasteiger charge is 2.22. The molecule has 0 radical (unpaired) electrons. The molecule has 3 aromatic rings. The predicted molar refractivity (Wildman–Crippen MR) is 135 cm³/mol. The molecule has 0 atom stereocenters. The van der Waals surface area contributed by atoms with Crippen LogP contribution in [-0.4, -0.2) is 29.6 Å². The molecular weight excluding hydrogens is 517 g/mol. The van der Waals surface area contributed by atoms with E-state index < -0.39 is 0 Å². The molecule has 1 aliphatic carbocycles. The van der Waals surface area contributed by atoms with Crippen molar-refractivity contribution in [1.29, 1.82) is 0 Å². The number of para-hydroxylation sites is 1. The van der Waals surface area contributed by atoms with Gasteiger partial charge in [-0.3, -0.25) is 4.79 Å². The number of ether oxygens (including phenoxy) is 2. The van der Waals surface area contributed by atoms with Gasteiger partial charge in [0, 0.05) is 5.92 Å². The highest BCUT2D eigenvalue weighted by molar-refractivity contribution is 14.1. The molecule has 1 aromatic heterocycles. The van der Waals surface area contributed by atoms with Crippen molar-refractivity contribution in [1.82, 2.24) is 9.66 Å². The van der Waals surface area contributed by atoms with E-state index in [9.17, 15) is 4.79 Å². The third-order valence-corrected chi connectivity index (χ3v) is 6.42. The van der Waals surface area contributed by atoms with Crippen LogP contribution in [0.3, 0.4) is 0 Å². The molecule has 0 amide bonds. The van der Waals surface area contributed by atoms with Gasteiger partial charge in [0.05, 0.1) is 27.8 Å². The average molecular weight is 541 g/mol. The summed E-state index contributed by atoms with van der Waals surface area (Å²) in [7, 11) is 1.58. The van der Waals surface area contributed by atoms with E-state index in [1.165, 1.54) is 11.1 Å². The number of nitrogens with zero attached hydrogens (tertiary/aromatic N) is 3. The topological polar surface area (TPSA) is 65.7 Å². The minimum Gasteiger partial charge on any atom is -0.493 e. The molecule has 0 aliphatic heterocycles. The van der Waals surface area contributed by atoms with Crippen molar-refractivity contribution in [3.05, 3.63) is 61.7 Å². The first kappa shape index (κ1) is 22.3. The number of halogens is 1. The Labute approximate surface area is 200 Å². The SMILES string of the molecule is C#CCOc1c(I)cc(C=Nn2c(C3CCCCC3)nc3ccccc3c2=O)cc1OC. The first-order valence-corrected chi connectivity index (χ1v) is 11.7. The molecular formula is C25H24IN3O3. The summed E-state index contributed by atoms with van der Waals surface area (Å²) in [5.41, 5.74) is 1.35. The van der Waals surface area contributed by atoms with Crippen LogP contribution in [0.4, 0.5) is 0 Å².